The van der Waals surface area contributed by atoms with Crippen molar-refractivity contribution in [3.8, 4) is 5.75 Å². The molecule has 0 saturated carbocycles. The molecule has 0 spiro atoms. The Bertz CT molecular complexity index is 1160. The molecule has 1 N–H and O–H groups in total. The lowest BCUT2D eigenvalue weighted by molar-refractivity contribution is -0.122. The number of nitrogens with one attached hydrogen (secondary N) is 1. The first kappa shape index (κ1) is 19.9. The number of ether oxygens (including phenoxy) is 1. The molecule has 3 aromatic heterocycles. The van der Waals surface area contributed by atoms with Crippen LogP contribution in [0.2, 0.25) is 0 Å². The fraction of sp³-hybridized carbons (Fsp3) is 0.348. The Balaban J connectivity index is 1.47. The topological polar surface area (TPSA) is 73.4 Å². The third kappa shape index (κ3) is 4.15. The molecule has 4 aromatic rings. The van der Waals surface area contributed by atoms with Gasteiger partial charge in [0.15, 0.2) is 11.5 Å². The molecule has 1 amide bonds. The van der Waals surface area contributed by atoms with Gasteiger partial charge in [0.25, 0.3) is 0 Å². The van der Waals surface area contributed by atoms with Gasteiger partial charge in [0, 0.05) is 36.3 Å². The van der Waals surface area contributed by atoms with Gasteiger partial charge in [-0.2, -0.15) is 0 Å². The van der Waals surface area contributed by atoms with E-state index in [9.17, 15) is 4.79 Å². The van der Waals surface area contributed by atoms with E-state index in [4.69, 9.17) is 4.74 Å². The molecular weight excluding hydrogens is 378 g/mol. The molecule has 0 bridgehead atoms. The number of hydrogen-bond donors (Lipinski definition) is 1. The fourth-order valence-electron chi connectivity index (χ4n) is 3.79. The van der Waals surface area contributed by atoms with Crippen LogP contribution in [0.15, 0.2) is 54.9 Å². The number of carbonyl (C=O) groups is 1. The van der Waals surface area contributed by atoms with E-state index in [1.54, 1.807) is 7.11 Å². The van der Waals surface area contributed by atoms with Gasteiger partial charge in [-0.1, -0.05) is 19.9 Å². The predicted molar refractivity (Wildman–Crippen MR) is 116 cm³/mol. The zero-order valence-corrected chi connectivity index (χ0v) is 17.6. The van der Waals surface area contributed by atoms with Gasteiger partial charge in [0.2, 0.25) is 5.91 Å². The first-order chi connectivity index (χ1) is 14.5. The number of nitrogens with zero attached hydrogens (tertiary/aromatic N) is 4. The third-order valence-electron chi connectivity index (χ3n) is 5.25. The van der Waals surface area contributed by atoms with Gasteiger partial charge < -0.3 is 14.6 Å². The summed E-state index contributed by atoms with van der Waals surface area (Å²) in [5.41, 5.74) is 1.87. The van der Waals surface area contributed by atoms with E-state index in [2.05, 4.69) is 33.9 Å². The van der Waals surface area contributed by atoms with E-state index in [0.717, 1.165) is 34.5 Å². The van der Waals surface area contributed by atoms with Crippen molar-refractivity contribution in [1.29, 1.82) is 0 Å². The van der Waals surface area contributed by atoms with Crippen molar-refractivity contribution in [1.82, 2.24) is 24.5 Å². The Labute approximate surface area is 175 Å². The fourth-order valence-corrected chi connectivity index (χ4v) is 3.79. The van der Waals surface area contributed by atoms with Crippen LogP contribution in [-0.4, -0.2) is 32.2 Å². The number of aryl methyl sites for hydroxylation is 1. The number of carbonyl (C=O) groups excluding carboxylic acids is 1. The van der Waals surface area contributed by atoms with Crippen LogP contribution in [0.1, 0.15) is 38.6 Å². The number of aromatic nitrogens is 4. The van der Waals surface area contributed by atoms with Gasteiger partial charge in [0.1, 0.15) is 5.75 Å². The van der Waals surface area contributed by atoms with E-state index in [0.29, 0.717) is 18.9 Å². The van der Waals surface area contributed by atoms with Gasteiger partial charge in [-0.05, 0) is 48.7 Å². The summed E-state index contributed by atoms with van der Waals surface area (Å²) in [6.07, 6.45) is 5.13. The summed E-state index contributed by atoms with van der Waals surface area (Å²) in [5.74, 6) is 2.01. The maximum atomic E-state index is 12.8. The molecule has 7 nitrogen and oxygen atoms in total. The summed E-state index contributed by atoms with van der Waals surface area (Å²) in [4.78, 5) is 12.8. The average Bonchev–Trinajstić information content (AvgIpc) is 3.35. The molecule has 156 valence electrons. The molecule has 0 aliphatic rings. The molecule has 7 heteroatoms. The highest BCUT2D eigenvalue weighted by molar-refractivity contribution is 5.82. The Morgan fingerprint density at radius 3 is 2.80 bits per heavy atom. The number of benzene rings is 1. The summed E-state index contributed by atoms with van der Waals surface area (Å²) in [6.45, 7) is 4.89. The molecule has 0 aliphatic heterocycles. The van der Waals surface area contributed by atoms with Crippen LogP contribution in [0, 0.1) is 5.92 Å². The summed E-state index contributed by atoms with van der Waals surface area (Å²) >= 11 is 0. The third-order valence-corrected chi connectivity index (χ3v) is 5.25. The quantitative estimate of drug-likeness (QED) is 0.481. The van der Waals surface area contributed by atoms with Crippen LogP contribution in [0.3, 0.4) is 0 Å². The standard InChI is InChI=1S/C23H27N5O2/c1-16(2)14-19(23-26-25-21-6-4-5-11-28(21)23)24-22(29)10-13-27-12-9-17-15-18(30-3)7-8-20(17)27/h4-9,11-12,15-16,19H,10,13-14H2,1-3H3,(H,24,29)/t19-/m1/s1. The summed E-state index contributed by atoms with van der Waals surface area (Å²) in [6, 6.07) is 13.6. The molecule has 0 aliphatic carbocycles. The number of rotatable bonds is 8. The SMILES string of the molecule is COc1ccc2c(ccn2CCC(=O)N[C@H](CC(C)C)c2nnc3ccccn23)c1. The lowest BCUT2D eigenvalue weighted by Crippen LogP contribution is -2.31. The minimum absolute atomic E-state index is 0.00342. The highest BCUT2D eigenvalue weighted by atomic mass is 16.5. The molecule has 0 fully saturated rings. The largest absolute Gasteiger partial charge is 0.497 e. The highest BCUT2D eigenvalue weighted by Gasteiger charge is 2.21. The van der Waals surface area contributed by atoms with Crippen molar-refractivity contribution >= 4 is 22.5 Å². The maximum absolute atomic E-state index is 12.8. The zero-order chi connectivity index (χ0) is 21.1. The molecular formula is C23H27N5O2. The number of hydrogen-bond acceptors (Lipinski definition) is 4. The monoisotopic (exact) mass is 405 g/mol. The molecule has 1 aromatic carbocycles. The molecule has 0 unspecified atom stereocenters. The lowest BCUT2D eigenvalue weighted by atomic mass is 10.0. The van der Waals surface area contributed by atoms with E-state index < -0.39 is 0 Å². The number of fused-ring (bicyclic) bond motifs is 2. The van der Waals surface area contributed by atoms with Crippen LogP contribution in [0.25, 0.3) is 16.6 Å². The normalized spacial score (nSPS) is 12.5. The molecule has 3 heterocycles. The second-order valence-corrected chi connectivity index (χ2v) is 7.92. The summed E-state index contributed by atoms with van der Waals surface area (Å²) in [7, 11) is 1.66. The van der Waals surface area contributed by atoms with Crippen LogP contribution < -0.4 is 10.1 Å². The molecule has 4 rings (SSSR count). The molecule has 30 heavy (non-hydrogen) atoms. The zero-order valence-electron chi connectivity index (χ0n) is 17.6. The second kappa shape index (κ2) is 8.57. The molecule has 0 saturated heterocycles. The Morgan fingerprint density at radius 2 is 2.00 bits per heavy atom. The number of methoxy groups -OCH3 is 1. The Kier molecular flexibility index (Phi) is 5.70. The van der Waals surface area contributed by atoms with Gasteiger partial charge in [-0.3, -0.25) is 9.20 Å². The van der Waals surface area contributed by atoms with E-state index in [1.807, 2.05) is 59.3 Å². The van der Waals surface area contributed by atoms with Crippen molar-refractivity contribution in [2.45, 2.75) is 39.3 Å². The summed E-state index contributed by atoms with van der Waals surface area (Å²) < 4.78 is 9.32. The Hall–Kier alpha value is -3.35. The van der Waals surface area contributed by atoms with Crippen molar-refractivity contribution in [3.63, 3.8) is 0 Å². The van der Waals surface area contributed by atoms with Gasteiger partial charge in [-0.25, -0.2) is 0 Å². The smallest absolute Gasteiger partial charge is 0.222 e. The van der Waals surface area contributed by atoms with Gasteiger partial charge >= 0.3 is 0 Å². The van der Waals surface area contributed by atoms with Gasteiger partial charge in [0.05, 0.1) is 13.2 Å². The highest BCUT2D eigenvalue weighted by Crippen LogP contribution is 2.23. The minimum atomic E-state index is -0.180. The van der Waals surface area contributed by atoms with E-state index in [1.165, 1.54) is 0 Å². The first-order valence-corrected chi connectivity index (χ1v) is 10.3. The second-order valence-electron chi connectivity index (χ2n) is 7.92. The molecule has 0 radical (unpaired) electrons. The van der Waals surface area contributed by atoms with Crippen LogP contribution in [0.4, 0.5) is 0 Å². The van der Waals surface area contributed by atoms with E-state index >= 15 is 0 Å². The molecule has 1 atom stereocenters. The maximum Gasteiger partial charge on any atom is 0.222 e. The van der Waals surface area contributed by atoms with Crippen molar-refractivity contribution in [2.24, 2.45) is 5.92 Å². The van der Waals surface area contributed by atoms with Crippen LogP contribution >= 0.6 is 0 Å². The van der Waals surface area contributed by atoms with Gasteiger partial charge in [-0.15, -0.1) is 10.2 Å². The number of pyridine rings is 1. The van der Waals surface area contributed by atoms with Crippen molar-refractivity contribution in [2.75, 3.05) is 7.11 Å². The van der Waals surface area contributed by atoms with E-state index in [-0.39, 0.29) is 11.9 Å². The Morgan fingerprint density at radius 1 is 1.13 bits per heavy atom. The van der Waals surface area contributed by atoms with Crippen LogP contribution in [-0.2, 0) is 11.3 Å². The average molecular weight is 406 g/mol. The number of amides is 1. The lowest BCUT2D eigenvalue weighted by Gasteiger charge is -2.19. The predicted octanol–water partition coefficient (Wildman–Crippen LogP) is 3.99. The first-order valence-electron chi connectivity index (χ1n) is 10.3. The minimum Gasteiger partial charge on any atom is -0.497 e. The van der Waals surface area contributed by atoms with Crippen LogP contribution in [0.5, 0.6) is 5.75 Å². The summed E-state index contributed by atoms with van der Waals surface area (Å²) in [5, 5.41) is 12.9. The van der Waals surface area contributed by atoms with Crippen molar-refractivity contribution in [3.05, 3.63) is 60.7 Å². The van der Waals surface area contributed by atoms with Crippen molar-refractivity contribution < 1.29 is 9.53 Å².